The van der Waals surface area contributed by atoms with E-state index in [1.165, 1.54) is 6.33 Å². The van der Waals surface area contributed by atoms with Crippen LogP contribution >= 0.6 is 0 Å². The van der Waals surface area contributed by atoms with Gasteiger partial charge in [-0.25, -0.2) is 9.97 Å². The lowest BCUT2D eigenvalue weighted by Crippen LogP contribution is -2.21. The van der Waals surface area contributed by atoms with Crippen molar-refractivity contribution >= 4 is 34.5 Å². The molecular weight excluding hydrogens is 372 g/mol. The number of benzene rings is 2. The molecule has 9 heteroatoms. The number of fused-ring (bicyclic) bond motifs is 1. The molecule has 0 radical (unpaired) electrons. The summed E-state index contributed by atoms with van der Waals surface area (Å²) in [7, 11) is 1.57. The van der Waals surface area contributed by atoms with Gasteiger partial charge in [-0.3, -0.25) is 14.9 Å². The Morgan fingerprint density at radius 2 is 1.90 bits per heavy atom. The lowest BCUT2D eigenvalue weighted by molar-refractivity contribution is 0.0985. The molecule has 4 rings (SSSR count). The van der Waals surface area contributed by atoms with Crippen LogP contribution in [0.2, 0.25) is 0 Å². The average molecular weight is 390 g/mol. The first-order valence-corrected chi connectivity index (χ1v) is 8.80. The van der Waals surface area contributed by atoms with Crippen molar-refractivity contribution < 1.29 is 14.3 Å². The molecule has 146 valence electrons. The maximum atomic E-state index is 12.7. The number of ether oxygens (including phenoxy) is 1. The number of amides is 2. The molecule has 9 nitrogen and oxygen atoms in total. The van der Waals surface area contributed by atoms with Gasteiger partial charge in [-0.1, -0.05) is 12.1 Å². The summed E-state index contributed by atoms with van der Waals surface area (Å²) in [6.07, 6.45) is 1.29. The van der Waals surface area contributed by atoms with Crippen LogP contribution in [0.4, 0.5) is 11.6 Å². The number of hydrogen-bond acceptors (Lipinski definition) is 5. The molecule has 4 aromatic rings. The van der Waals surface area contributed by atoms with E-state index in [9.17, 15) is 9.59 Å². The molecule has 0 saturated carbocycles. The maximum absolute atomic E-state index is 12.7. The van der Waals surface area contributed by atoms with Crippen LogP contribution in [0.15, 0.2) is 48.8 Å². The van der Waals surface area contributed by atoms with Gasteiger partial charge in [0.1, 0.15) is 11.4 Å². The highest BCUT2D eigenvalue weighted by Gasteiger charge is 2.22. The zero-order valence-corrected chi connectivity index (χ0v) is 15.7. The number of anilines is 2. The van der Waals surface area contributed by atoms with Crippen molar-refractivity contribution in [1.82, 2.24) is 19.9 Å². The molecule has 2 aromatic heterocycles. The fraction of sp³-hybridized carbons (Fsp3) is 0.100. The van der Waals surface area contributed by atoms with Crippen LogP contribution < -0.4 is 15.4 Å². The number of aromatic nitrogens is 4. The summed E-state index contributed by atoms with van der Waals surface area (Å²) >= 11 is 0. The van der Waals surface area contributed by atoms with E-state index in [4.69, 9.17) is 4.74 Å². The Morgan fingerprint density at radius 3 is 2.66 bits per heavy atom. The van der Waals surface area contributed by atoms with E-state index >= 15 is 0 Å². The van der Waals surface area contributed by atoms with Crippen LogP contribution in [0.5, 0.6) is 5.75 Å². The van der Waals surface area contributed by atoms with Gasteiger partial charge in [0.05, 0.1) is 24.5 Å². The summed E-state index contributed by atoms with van der Waals surface area (Å²) in [5.74, 6) is -0.0678. The highest BCUT2D eigenvalue weighted by Crippen LogP contribution is 2.22. The molecule has 0 bridgehead atoms. The Kier molecular flexibility index (Phi) is 4.70. The molecule has 0 aliphatic rings. The number of carbonyl (C=O) groups excluding carboxylic acids is 2. The van der Waals surface area contributed by atoms with Crippen LogP contribution in [0, 0.1) is 6.92 Å². The molecule has 0 fully saturated rings. The molecule has 0 aliphatic heterocycles. The summed E-state index contributed by atoms with van der Waals surface area (Å²) in [5, 5.41) is 5.41. The average Bonchev–Trinajstić information content (AvgIpc) is 3.35. The van der Waals surface area contributed by atoms with Crippen LogP contribution in [0.3, 0.4) is 0 Å². The number of carbonyl (C=O) groups is 2. The number of aryl methyl sites for hydroxylation is 1. The van der Waals surface area contributed by atoms with Crippen molar-refractivity contribution in [2.75, 3.05) is 17.7 Å². The summed E-state index contributed by atoms with van der Waals surface area (Å²) in [5.41, 5.74) is 2.95. The van der Waals surface area contributed by atoms with E-state index in [0.29, 0.717) is 11.4 Å². The Labute approximate surface area is 165 Å². The number of methoxy groups -OCH3 is 1. The number of aromatic amines is 2. The van der Waals surface area contributed by atoms with Gasteiger partial charge >= 0.3 is 0 Å². The number of rotatable bonds is 5. The number of nitrogens with one attached hydrogen (secondary N) is 4. The monoisotopic (exact) mass is 390 g/mol. The van der Waals surface area contributed by atoms with Crippen molar-refractivity contribution in [2.24, 2.45) is 0 Å². The number of hydrogen-bond donors (Lipinski definition) is 4. The second kappa shape index (κ2) is 7.47. The first kappa shape index (κ1) is 18.2. The Morgan fingerprint density at radius 1 is 1.07 bits per heavy atom. The van der Waals surface area contributed by atoms with Crippen LogP contribution in [0.1, 0.15) is 26.5 Å². The van der Waals surface area contributed by atoms with Gasteiger partial charge in [0.15, 0.2) is 5.69 Å². The number of H-pyrrole nitrogens is 2. The largest absolute Gasteiger partial charge is 0.497 e. The summed E-state index contributed by atoms with van der Waals surface area (Å²) in [6, 6.07) is 12.7. The Hall–Kier alpha value is -4.14. The molecule has 2 amide bonds. The van der Waals surface area contributed by atoms with E-state index in [1.54, 1.807) is 25.3 Å². The van der Waals surface area contributed by atoms with Crippen LogP contribution in [-0.4, -0.2) is 38.9 Å². The van der Waals surface area contributed by atoms with Crippen molar-refractivity contribution in [3.8, 4) is 5.75 Å². The normalized spacial score (nSPS) is 10.7. The standard InChI is InChI=1S/C20H18N6O3/c1-11-9-12(29-2)7-8-13(11)23-18(27)16-17(22-10-21-16)19(28)26-20-24-14-5-3-4-6-15(14)25-20/h3-10H,1-2H3,(H,21,22)(H,23,27)(H2,24,25,26,28). The summed E-state index contributed by atoms with van der Waals surface area (Å²) < 4.78 is 5.16. The van der Waals surface area contributed by atoms with Crippen molar-refractivity contribution in [1.29, 1.82) is 0 Å². The van der Waals surface area contributed by atoms with Gasteiger partial charge in [0.25, 0.3) is 11.8 Å². The van der Waals surface area contributed by atoms with E-state index in [0.717, 1.165) is 16.6 Å². The topological polar surface area (TPSA) is 125 Å². The zero-order chi connectivity index (χ0) is 20.4. The molecule has 0 saturated heterocycles. The lowest BCUT2D eigenvalue weighted by Gasteiger charge is -2.09. The second-order valence-corrected chi connectivity index (χ2v) is 6.32. The van der Waals surface area contributed by atoms with Gasteiger partial charge in [-0.2, -0.15) is 0 Å². The predicted molar refractivity (Wildman–Crippen MR) is 108 cm³/mol. The molecular formula is C20H18N6O3. The quantitative estimate of drug-likeness (QED) is 0.417. The fourth-order valence-corrected chi connectivity index (χ4v) is 2.91. The summed E-state index contributed by atoms with van der Waals surface area (Å²) in [6.45, 7) is 1.85. The number of nitrogens with zero attached hydrogens (tertiary/aromatic N) is 2. The van der Waals surface area contributed by atoms with E-state index in [2.05, 4.69) is 30.6 Å². The van der Waals surface area contributed by atoms with E-state index in [1.807, 2.05) is 31.2 Å². The minimum Gasteiger partial charge on any atom is -0.497 e. The Bertz CT molecular complexity index is 1180. The zero-order valence-electron chi connectivity index (χ0n) is 15.7. The predicted octanol–water partition coefficient (Wildman–Crippen LogP) is 3.11. The van der Waals surface area contributed by atoms with Gasteiger partial charge in [0, 0.05) is 5.69 Å². The Balaban J connectivity index is 1.52. The number of para-hydroxylation sites is 2. The minimum atomic E-state index is -0.529. The highest BCUT2D eigenvalue weighted by atomic mass is 16.5. The minimum absolute atomic E-state index is 0.0196. The maximum Gasteiger partial charge on any atom is 0.276 e. The third-order valence-corrected chi connectivity index (χ3v) is 4.38. The highest BCUT2D eigenvalue weighted by molar-refractivity contribution is 6.13. The van der Waals surface area contributed by atoms with Crippen molar-refractivity contribution in [3.63, 3.8) is 0 Å². The number of imidazole rings is 2. The summed E-state index contributed by atoms with van der Waals surface area (Å²) in [4.78, 5) is 39.3. The van der Waals surface area contributed by atoms with Crippen molar-refractivity contribution in [2.45, 2.75) is 6.92 Å². The third-order valence-electron chi connectivity index (χ3n) is 4.38. The van der Waals surface area contributed by atoms with Crippen LogP contribution in [0.25, 0.3) is 11.0 Å². The molecule has 0 atom stereocenters. The SMILES string of the molecule is COc1ccc(NC(=O)c2nc[nH]c2C(=O)Nc2nc3ccccc3[nH]2)c(C)c1. The fourth-order valence-electron chi connectivity index (χ4n) is 2.91. The molecule has 4 N–H and O–H groups in total. The first-order chi connectivity index (χ1) is 14.0. The third kappa shape index (κ3) is 3.65. The lowest BCUT2D eigenvalue weighted by atomic mass is 10.2. The second-order valence-electron chi connectivity index (χ2n) is 6.32. The molecule has 0 unspecified atom stereocenters. The van der Waals surface area contributed by atoms with Gasteiger partial charge < -0.3 is 20.0 Å². The first-order valence-electron chi connectivity index (χ1n) is 8.80. The van der Waals surface area contributed by atoms with Gasteiger partial charge in [0.2, 0.25) is 5.95 Å². The van der Waals surface area contributed by atoms with E-state index in [-0.39, 0.29) is 17.3 Å². The molecule has 2 aromatic carbocycles. The smallest absolute Gasteiger partial charge is 0.276 e. The van der Waals surface area contributed by atoms with E-state index < -0.39 is 11.8 Å². The van der Waals surface area contributed by atoms with Gasteiger partial charge in [-0.05, 0) is 42.8 Å². The molecule has 29 heavy (non-hydrogen) atoms. The van der Waals surface area contributed by atoms with Crippen LogP contribution in [-0.2, 0) is 0 Å². The van der Waals surface area contributed by atoms with Crippen molar-refractivity contribution in [3.05, 3.63) is 65.7 Å². The molecule has 0 spiro atoms. The molecule has 0 aliphatic carbocycles. The molecule has 2 heterocycles. The van der Waals surface area contributed by atoms with Gasteiger partial charge in [-0.15, -0.1) is 0 Å².